The number of ether oxygens (including phenoxy) is 4. The normalized spacial score (nSPS) is 10.6. The third kappa shape index (κ3) is 5.01. The van der Waals surface area contributed by atoms with Gasteiger partial charge in [-0.1, -0.05) is 41.7 Å². The molecule has 0 aliphatic carbocycles. The number of hydrogen-bond acceptors (Lipinski definition) is 7. The fraction of sp³-hybridized carbons (Fsp3) is 0.200. The molecule has 0 fully saturated rings. The lowest BCUT2D eigenvalue weighted by atomic mass is 10.2. The van der Waals surface area contributed by atoms with Gasteiger partial charge in [-0.25, -0.2) is 4.98 Å². The predicted octanol–water partition coefficient (Wildman–Crippen LogP) is 4.93. The van der Waals surface area contributed by atoms with Gasteiger partial charge in [0.2, 0.25) is 0 Å². The first kappa shape index (κ1) is 22.4. The first-order valence-corrected chi connectivity index (χ1v) is 11.1. The van der Waals surface area contributed by atoms with Crippen LogP contribution in [0.3, 0.4) is 0 Å². The predicted molar refractivity (Wildman–Crippen MR) is 129 cm³/mol. The second kappa shape index (κ2) is 10.2. The van der Waals surface area contributed by atoms with Gasteiger partial charge < -0.3 is 18.9 Å². The van der Waals surface area contributed by atoms with Crippen molar-refractivity contribution in [1.29, 1.82) is 0 Å². The Hall–Kier alpha value is -3.78. The Labute approximate surface area is 196 Å². The maximum atomic E-state index is 13.3. The number of aromatic nitrogens is 1. The van der Waals surface area contributed by atoms with E-state index in [1.807, 2.05) is 36.4 Å². The first-order valence-electron chi connectivity index (χ1n) is 10.3. The Morgan fingerprint density at radius 2 is 1.52 bits per heavy atom. The van der Waals surface area contributed by atoms with E-state index in [2.05, 4.69) is 0 Å². The van der Waals surface area contributed by atoms with Crippen molar-refractivity contribution < 1.29 is 23.7 Å². The summed E-state index contributed by atoms with van der Waals surface area (Å²) >= 11 is 1.38. The molecule has 4 aromatic rings. The van der Waals surface area contributed by atoms with Gasteiger partial charge in [0.15, 0.2) is 11.7 Å². The molecule has 1 amide bonds. The summed E-state index contributed by atoms with van der Waals surface area (Å²) < 4.78 is 22.7. The number of anilines is 1. The molecule has 0 atom stereocenters. The zero-order chi connectivity index (χ0) is 23.2. The molecule has 0 aliphatic heterocycles. The maximum Gasteiger partial charge on any atom is 0.267 e. The summed E-state index contributed by atoms with van der Waals surface area (Å²) in [7, 11) is 4.80. The number of carbonyl (C=O) groups is 1. The minimum atomic E-state index is -0.216. The van der Waals surface area contributed by atoms with Crippen LogP contribution in [0.2, 0.25) is 0 Å². The van der Waals surface area contributed by atoms with Gasteiger partial charge in [0.05, 0.1) is 27.9 Å². The SMILES string of the molecule is COc1ccc(OCC(=O)N(Cc2ccccc2)c2nc3c(OC)ccc(OC)c3s2)cc1. The molecule has 170 valence electrons. The lowest BCUT2D eigenvalue weighted by molar-refractivity contribution is -0.120. The van der Waals surface area contributed by atoms with Crippen LogP contribution < -0.4 is 23.8 Å². The zero-order valence-electron chi connectivity index (χ0n) is 18.6. The molecule has 0 saturated carbocycles. The fourth-order valence-electron chi connectivity index (χ4n) is 3.31. The van der Waals surface area contributed by atoms with E-state index in [1.54, 1.807) is 56.6 Å². The standard InChI is InChI=1S/C25H24N2O5S/c1-29-18-9-11-19(12-10-18)32-16-22(28)27(15-17-7-5-4-6-8-17)25-26-23-20(30-2)13-14-21(31-3)24(23)33-25/h4-14H,15-16H2,1-3H3. The number of carbonyl (C=O) groups excluding carboxylic acids is 1. The van der Waals surface area contributed by atoms with Crippen LogP contribution in [-0.4, -0.2) is 38.8 Å². The van der Waals surface area contributed by atoms with Gasteiger partial charge in [-0.15, -0.1) is 0 Å². The highest BCUT2D eigenvalue weighted by atomic mass is 32.1. The van der Waals surface area contributed by atoms with E-state index in [0.717, 1.165) is 16.0 Å². The van der Waals surface area contributed by atoms with Crippen molar-refractivity contribution in [2.45, 2.75) is 6.54 Å². The number of rotatable bonds is 9. The minimum absolute atomic E-state index is 0.136. The Balaban J connectivity index is 1.65. The molecule has 0 N–H and O–H groups in total. The highest BCUT2D eigenvalue weighted by Gasteiger charge is 2.23. The third-order valence-electron chi connectivity index (χ3n) is 5.04. The molecule has 1 aromatic heterocycles. The van der Waals surface area contributed by atoms with E-state index < -0.39 is 0 Å². The molecule has 0 unspecified atom stereocenters. The van der Waals surface area contributed by atoms with Crippen molar-refractivity contribution in [1.82, 2.24) is 4.98 Å². The molecule has 8 heteroatoms. The summed E-state index contributed by atoms with van der Waals surface area (Å²) in [6, 6.07) is 20.5. The summed E-state index contributed by atoms with van der Waals surface area (Å²) in [5, 5.41) is 0.542. The minimum Gasteiger partial charge on any atom is -0.497 e. The number of methoxy groups -OCH3 is 3. The number of amides is 1. The van der Waals surface area contributed by atoms with E-state index in [1.165, 1.54) is 11.3 Å². The van der Waals surface area contributed by atoms with Gasteiger partial charge in [-0.2, -0.15) is 0 Å². The lowest BCUT2D eigenvalue weighted by Gasteiger charge is -2.20. The smallest absolute Gasteiger partial charge is 0.267 e. The second-order valence-electron chi connectivity index (χ2n) is 7.07. The second-order valence-corrected chi connectivity index (χ2v) is 8.05. The molecule has 0 aliphatic rings. The quantitative estimate of drug-likeness (QED) is 0.350. The van der Waals surface area contributed by atoms with Crippen LogP contribution >= 0.6 is 11.3 Å². The van der Waals surface area contributed by atoms with Crippen LogP contribution in [0.5, 0.6) is 23.0 Å². The highest BCUT2D eigenvalue weighted by molar-refractivity contribution is 7.22. The van der Waals surface area contributed by atoms with Crippen molar-refractivity contribution in [2.24, 2.45) is 0 Å². The lowest BCUT2D eigenvalue weighted by Crippen LogP contribution is -2.34. The molecular formula is C25H24N2O5S. The molecule has 0 spiro atoms. The van der Waals surface area contributed by atoms with E-state index in [0.29, 0.717) is 34.4 Å². The molecular weight excluding hydrogens is 440 g/mol. The topological polar surface area (TPSA) is 70.1 Å². The van der Waals surface area contributed by atoms with Crippen LogP contribution in [0.25, 0.3) is 10.2 Å². The summed E-state index contributed by atoms with van der Waals surface area (Å²) in [4.78, 5) is 19.7. The largest absolute Gasteiger partial charge is 0.497 e. The van der Waals surface area contributed by atoms with Crippen LogP contribution in [-0.2, 0) is 11.3 Å². The molecule has 33 heavy (non-hydrogen) atoms. The average molecular weight is 465 g/mol. The van der Waals surface area contributed by atoms with Gasteiger partial charge >= 0.3 is 0 Å². The van der Waals surface area contributed by atoms with Crippen molar-refractivity contribution in [3.05, 3.63) is 72.3 Å². The molecule has 1 heterocycles. The van der Waals surface area contributed by atoms with Crippen LogP contribution in [0.4, 0.5) is 5.13 Å². The third-order valence-corrected chi connectivity index (χ3v) is 6.13. The van der Waals surface area contributed by atoms with Crippen LogP contribution in [0, 0.1) is 0 Å². The van der Waals surface area contributed by atoms with Crippen molar-refractivity contribution in [3.63, 3.8) is 0 Å². The molecule has 3 aromatic carbocycles. The number of thiazole rings is 1. The number of fused-ring (bicyclic) bond motifs is 1. The molecule has 0 saturated heterocycles. The van der Waals surface area contributed by atoms with E-state index in [4.69, 9.17) is 23.9 Å². The monoisotopic (exact) mass is 464 g/mol. The summed E-state index contributed by atoms with van der Waals surface area (Å²) in [5.74, 6) is 2.38. The Morgan fingerprint density at radius 1 is 0.848 bits per heavy atom. The number of nitrogens with zero attached hydrogens (tertiary/aromatic N) is 2. The Bertz CT molecular complexity index is 1180. The van der Waals surface area contributed by atoms with Gasteiger partial charge in [0.25, 0.3) is 5.91 Å². The number of hydrogen-bond donors (Lipinski definition) is 0. The highest BCUT2D eigenvalue weighted by Crippen LogP contribution is 2.40. The van der Waals surface area contributed by atoms with Crippen molar-refractivity contribution >= 4 is 32.6 Å². The van der Waals surface area contributed by atoms with Crippen molar-refractivity contribution in [3.8, 4) is 23.0 Å². The Morgan fingerprint density at radius 3 is 2.18 bits per heavy atom. The van der Waals surface area contributed by atoms with Gasteiger partial charge in [0.1, 0.15) is 33.2 Å². The summed E-state index contributed by atoms with van der Waals surface area (Å²) in [6.07, 6.45) is 0. The summed E-state index contributed by atoms with van der Waals surface area (Å²) in [6.45, 7) is 0.222. The maximum absolute atomic E-state index is 13.3. The van der Waals surface area contributed by atoms with Gasteiger partial charge in [-0.05, 0) is 42.0 Å². The molecule has 7 nitrogen and oxygen atoms in total. The molecule has 0 radical (unpaired) electrons. The van der Waals surface area contributed by atoms with Crippen LogP contribution in [0.1, 0.15) is 5.56 Å². The van der Waals surface area contributed by atoms with E-state index in [-0.39, 0.29) is 12.5 Å². The van der Waals surface area contributed by atoms with Crippen LogP contribution in [0.15, 0.2) is 66.7 Å². The Kier molecular flexibility index (Phi) is 6.95. The van der Waals surface area contributed by atoms with Gasteiger partial charge in [0, 0.05) is 0 Å². The average Bonchev–Trinajstić information content (AvgIpc) is 3.31. The van der Waals surface area contributed by atoms with Crippen molar-refractivity contribution in [2.75, 3.05) is 32.8 Å². The van der Waals surface area contributed by atoms with E-state index in [9.17, 15) is 4.79 Å². The first-order chi connectivity index (χ1) is 16.1. The number of benzene rings is 3. The molecule has 4 rings (SSSR count). The molecule has 0 bridgehead atoms. The van der Waals surface area contributed by atoms with E-state index >= 15 is 0 Å². The fourth-order valence-corrected chi connectivity index (χ4v) is 4.40. The summed E-state index contributed by atoms with van der Waals surface area (Å²) in [5.41, 5.74) is 1.63. The zero-order valence-corrected chi connectivity index (χ0v) is 19.4. The van der Waals surface area contributed by atoms with Gasteiger partial charge in [-0.3, -0.25) is 9.69 Å².